The summed E-state index contributed by atoms with van der Waals surface area (Å²) in [6.07, 6.45) is -10.1. The van der Waals surface area contributed by atoms with E-state index in [4.69, 9.17) is 0 Å². The first-order chi connectivity index (χ1) is 10.8. The van der Waals surface area contributed by atoms with Crippen LogP contribution in [0.25, 0.3) is 0 Å². The molecule has 0 N–H and O–H groups in total. The van der Waals surface area contributed by atoms with Crippen LogP contribution in [0.15, 0.2) is 11.1 Å². The molecule has 0 aliphatic heterocycles. The van der Waals surface area contributed by atoms with Crippen molar-refractivity contribution in [3.05, 3.63) is 11.1 Å². The minimum absolute atomic E-state index is 0.372. The van der Waals surface area contributed by atoms with E-state index in [0.717, 1.165) is 0 Å². The van der Waals surface area contributed by atoms with Crippen LogP contribution in [-0.4, -0.2) is 37.5 Å². The molecule has 0 amide bonds. The highest BCUT2D eigenvalue weighted by Gasteiger charge is 2.49. The van der Waals surface area contributed by atoms with Crippen LogP contribution in [0.3, 0.4) is 0 Å². The van der Waals surface area contributed by atoms with Crippen LogP contribution >= 0.6 is 0 Å². The number of ether oxygens (including phenoxy) is 2. The van der Waals surface area contributed by atoms with Crippen molar-refractivity contribution >= 4 is 11.9 Å². The zero-order valence-corrected chi connectivity index (χ0v) is 13.5. The Morgan fingerprint density at radius 3 is 1.17 bits per heavy atom. The highest BCUT2D eigenvalue weighted by atomic mass is 19.4. The van der Waals surface area contributed by atoms with E-state index in [1.165, 1.54) is 13.8 Å². The van der Waals surface area contributed by atoms with Crippen molar-refractivity contribution in [3.63, 3.8) is 0 Å². The van der Waals surface area contributed by atoms with Gasteiger partial charge in [0.15, 0.2) is 0 Å². The number of carbonyl (C=O) groups is 2. The fraction of sp³-hybridized carbons (Fsp3) is 0.714. The molecule has 0 heterocycles. The maximum Gasteiger partial charge on any atom is 0.395 e. The van der Waals surface area contributed by atoms with Gasteiger partial charge in [0.2, 0.25) is 0 Å². The summed E-state index contributed by atoms with van der Waals surface area (Å²) < 4.78 is 86.8. The highest BCUT2D eigenvalue weighted by molar-refractivity contribution is 6.01. The lowest BCUT2D eigenvalue weighted by Crippen LogP contribution is -2.35. The molecular formula is C14H18F6O4. The molecule has 0 radical (unpaired) electrons. The van der Waals surface area contributed by atoms with Crippen molar-refractivity contribution in [1.29, 1.82) is 0 Å². The standard InChI is InChI=1S/C14H18F6O4/c1-5-23-11(21)9(7(3)13(15,16)17)10(12(22)24-6-2)8(4)14(18,19)20/h7-8H,5-6H2,1-4H3/b10-9-. The monoisotopic (exact) mass is 364 g/mol. The van der Waals surface area contributed by atoms with Crippen LogP contribution < -0.4 is 0 Å². The number of hydrogen-bond acceptors (Lipinski definition) is 4. The van der Waals surface area contributed by atoms with Crippen LogP contribution in [0.5, 0.6) is 0 Å². The molecule has 0 bridgehead atoms. The van der Waals surface area contributed by atoms with Gasteiger partial charge in [-0.05, 0) is 27.7 Å². The highest BCUT2D eigenvalue weighted by Crippen LogP contribution is 2.40. The minimum Gasteiger partial charge on any atom is -0.463 e. The van der Waals surface area contributed by atoms with Crippen molar-refractivity contribution < 1.29 is 45.4 Å². The SMILES string of the molecule is CCOC(=O)/C(=C(\C(=O)OCC)C(C)C(F)(F)F)C(C)C(F)(F)F. The maximum atomic E-state index is 13.0. The summed E-state index contributed by atoms with van der Waals surface area (Å²) in [4.78, 5) is 23.7. The van der Waals surface area contributed by atoms with Gasteiger partial charge in [-0.3, -0.25) is 0 Å². The lowest BCUT2D eigenvalue weighted by Gasteiger charge is -2.25. The Kier molecular flexibility index (Phi) is 7.78. The second-order valence-corrected chi connectivity index (χ2v) is 4.79. The van der Waals surface area contributed by atoms with E-state index in [1.807, 2.05) is 0 Å². The molecule has 0 aromatic heterocycles. The molecule has 10 heteroatoms. The number of alkyl halides is 6. The summed E-state index contributed by atoms with van der Waals surface area (Å²) in [6, 6.07) is 0. The summed E-state index contributed by atoms with van der Waals surface area (Å²) in [5.41, 5.74) is -2.79. The Balaban J connectivity index is 6.52. The first kappa shape index (κ1) is 22.3. The maximum absolute atomic E-state index is 13.0. The fourth-order valence-electron chi connectivity index (χ4n) is 1.78. The molecule has 0 rings (SSSR count). The molecule has 0 fully saturated rings. The average Bonchev–Trinajstić information content (AvgIpc) is 2.41. The van der Waals surface area contributed by atoms with Crippen LogP contribution in [-0.2, 0) is 19.1 Å². The summed E-state index contributed by atoms with van der Waals surface area (Å²) >= 11 is 0. The van der Waals surface area contributed by atoms with Crippen LogP contribution in [0.2, 0.25) is 0 Å². The molecule has 24 heavy (non-hydrogen) atoms. The van der Waals surface area contributed by atoms with E-state index >= 15 is 0 Å². The number of rotatable bonds is 6. The molecule has 0 aliphatic carbocycles. The van der Waals surface area contributed by atoms with Gasteiger partial charge < -0.3 is 9.47 Å². The summed E-state index contributed by atoms with van der Waals surface area (Å²) in [7, 11) is 0. The molecular weight excluding hydrogens is 346 g/mol. The lowest BCUT2D eigenvalue weighted by molar-refractivity contribution is -0.174. The third-order valence-corrected chi connectivity index (χ3v) is 3.13. The number of hydrogen-bond donors (Lipinski definition) is 0. The predicted molar refractivity (Wildman–Crippen MR) is 70.7 cm³/mol. The Morgan fingerprint density at radius 2 is 1.00 bits per heavy atom. The molecule has 0 spiro atoms. The van der Waals surface area contributed by atoms with Crippen molar-refractivity contribution in [2.24, 2.45) is 11.8 Å². The Morgan fingerprint density at radius 1 is 0.750 bits per heavy atom. The molecule has 0 saturated heterocycles. The molecule has 2 unspecified atom stereocenters. The Bertz CT molecular complexity index is 448. The van der Waals surface area contributed by atoms with E-state index in [1.54, 1.807) is 0 Å². The van der Waals surface area contributed by atoms with Gasteiger partial charge in [-0.15, -0.1) is 0 Å². The van der Waals surface area contributed by atoms with Crippen LogP contribution in [0.1, 0.15) is 27.7 Å². The third-order valence-electron chi connectivity index (χ3n) is 3.13. The zero-order chi connectivity index (χ0) is 19.3. The van der Waals surface area contributed by atoms with Gasteiger partial charge in [0.05, 0.1) is 36.2 Å². The van der Waals surface area contributed by atoms with E-state index in [0.29, 0.717) is 13.8 Å². The predicted octanol–water partition coefficient (Wildman–Crippen LogP) is 3.81. The fourth-order valence-corrected chi connectivity index (χ4v) is 1.78. The molecule has 0 saturated carbocycles. The minimum atomic E-state index is -5.05. The number of halogens is 6. The van der Waals surface area contributed by atoms with Gasteiger partial charge in [0.1, 0.15) is 0 Å². The van der Waals surface area contributed by atoms with Crippen LogP contribution in [0, 0.1) is 11.8 Å². The van der Waals surface area contributed by atoms with Gasteiger partial charge >= 0.3 is 24.3 Å². The van der Waals surface area contributed by atoms with Crippen molar-refractivity contribution in [1.82, 2.24) is 0 Å². The second-order valence-electron chi connectivity index (χ2n) is 4.79. The topological polar surface area (TPSA) is 52.6 Å². The smallest absolute Gasteiger partial charge is 0.395 e. The van der Waals surface area contributed by atoms with E-state index in [2.05, 4.69) is 9.47 Å². The molecule has 140 valence electrons. The van der Waals surface area contributed by atoms with Gasteiger partial charge in [0, 0.05) is 0 Å². The van der Waals surface area contributed by atoms with E-state index in [9.17, 15) is 35.9 Å². The van der Waals surface area contributed by atoms with Gasteiger partial charge in [0.25, 0.3) is 0 Å². The molecule has 0 aromatic carbocycles. The molecule has 0 aliphatic rings. The van der Waals surface area contributed by atoms with Crippen LogP contribution in [0.4, 0.5) is 26.3 Å². The Hall–Kier alpha value is -1.74. The second kappa shape index (κ2) is 8.39. The first-order valence-corrected chi connectivity index (χ1v) is 7.00. The summed E-state index contributed by atoms with van der Waals surface area (Å²) in [5, 5.41) is 0. The van der Waals surface area contributed by atoms with E-state index in [-0.39, 0.29) is 13.2 Å². The number of esters is 2. The normalized spacial score (nSPS) is 16.1. The quantitative estimate of drug-likeness (QED) is 0.409. The summed E-state index contributed by atoms with van der Waals surface area (Å²) in [5.74, 6) is -8.55. The third kappa shape index (κ3) is 5.72. The van der Waals surface area contributed by atoms with Gasteiger partial charge in [-0.25, -0.2) is 9.59 Å². The van der Waals surface area contributed by atoms with E-state index < -0.39 is 47.3 Å². The van der Waals surface area contributed by atoms with Crippen molar-refractivity contribution in [2.45, 2.75) is 40.0 Å². The molecule has 2 atom stereocenters. The molecule has 4 nitrogen and oxygen atoms in total. The van der Waals surface area contributed by atoms with Crippen molar-refractivity contribution in [3.8, 4) is 0 Å². The zero-order valence-electron chi connectivity index (χ0n) is 13.5. The number of carbonyl (C=O) groups excluding carboxylic acids is 2. The molecule has 0 aromatic rings. The van der Waals surface area contributed by atoms with Gasteiger partial charge in [-0.2, -0.15) is 26.3 Å². The Labute approximate surface area is 134 Å². The van der Waals surface area contributed by atoms with Gasteiger partial charge in [-0.1, -0.05) is 0 Å². The lowest BCUT2D eigenvalue weighted by atomic mass is 9.88. The first-order valence-electron chi connectivity index (χ1n) is 7.00. The largest absolute Gasteiger partial charge is 0.463 e. The average molecular weight is 364 g/mol. The summed E-state index contributed by atoms with van der Waals surface area (Å²) in [6.45, 7) is 2.76. The van der Waals surface area contributed by atoms with Crippen molar-refractivity contribution in [2.75, 3.05) is 13.2 Å².